The molecule has 0 aliphatic rings. The van der Waals surface area contributed by atoms with Crippen molar-refractivity contribution in [1.29, 1.82) is 0 Å². The van der Waals surface area contributed by atoms with E-state index in [9.17, 15) is 9.59 Å². The van der Waals surface area contributed by atoms with Crippen molar-refractivity contribution in [3.63, 3.8) is 0 Å². The first-order valence-electron chi connectivity index (χ1n) is 7.59. The first-order chi connectivity index (χ1) is 10.6. The molecule has 116 valence electrons. The van der Waals surface area contributed by atoms with Crippen LogP contribution in [0.15, 0.2) is 42.5 Å². The van der Waals surface area contributed by atoms with Gasteiger partial charge in [-0.1, -0.05) is 56.3 Å². The van der Waals surface area contributed by atoms with Crippen LogP contribution in [0.25, 0.3) is 10.8 Å². The average Bonchev–Trinajstić information content (AvgIpc) is 2.51. The summed E-state index contributed by atoms with van der Waals surface area (Å²) >= 11 is 0. The molecular weight excluding hydrogens is 276 g/mol. The number of benzene rings is 2. The van der Waals surface area contributed by atoms with Gasteiger partial charge >= 0.3 is 0 Å². The van der Waals surface area contributed by atoms with Crippen LogP contribution in [0.5, 0.6) is 0 Å². The lowest BCUT2D eigenvalue weighted by molar-refractivity contribution is -0.124. The van der Waals surface area contributed by atoms with E-state index in [4.69, 9.17) is 0 Å². The Morgan fingerprint density at radius 1 is 0.955 bits per heavy atom. The summed E-state index contributed by atoms with van der Waals surface area (Å²) in [6.45, 7) is 4.59. The van der Waals surface area contributed by atoms with E-state index in [0.29, 0.717) is 19.5 Å². The molecule has 0 radical (unpaired) electrons. The number of rotatable bonds is 6. The summed E-state index contributed by atoms with van der Waals surface area (Å²) in [5.41, 5.74) is 1.02. The largest absolute Gasteiger partial charge is 0.354 e. The zero-order valence-corrected chi connectivity index (χ0v) is 13.1. The second-order valence-electron chi connectivity index (χ2n) is 5.61. The Labute approximate surface area is 130 Å². The van der Waals surface area contributed by atoms with Crippen molar-refractivity contribution in [2.75, 3.05) is 13.1 Å². The molecule has 0 fully saturated rings. The molecular formula is C18H22N2O2. The number of hydrogen-bond donors (Lipinski definition) is 2. The van der Waals surface area contributed by atoms with Crippen LogP contribution in [0.2, 0.25) is 0 Å². The van der Waals surface area contributed by atoms with E-state index in [-0.39, 0.29) is 17.7 Å². The van der Waals surface area contributed by atoms with Crippen molar-refractivity contribution in [2.45, 2.75) is 20.3 Å². The molecule has 0 aromatic heterocycles. The molecule has 0 spiro atoms. The van der Waals surface area contributed by atoms with Crippen molar-refractivity contribution in [3.05, 3.63) is 48.0 Å². The van der Waals surface area contributed by atoms with Gasteiger partial charge in [0.15, 0.2) is 0 Å². The zero-order valence-electron chi connectivity index (χ0n) is 13.1. The SMILES string of the molecule is CC(C)C(=O)NCCNC(=O)Cc1cccc2ccccc12. The zero-order chi connectivity index (χ0) is 15.9. The van der Waals surface area contributed by atoms with E-state index >= 15 is 0 Å². The lowest BCUT2D eigenvalue weighted by atomic mass is 10.0. The minimum Gasteiger partial charge on any atom is -0.354 e. The Kier molecular flexibility index (Phi) is 5.53. The van der Waals surface area contributed by atoms with Crippen molar-refractivity contribution >= 4 is 22.6 Å². The van der Waals surface area contributed by atoms with E-state index in [0.717, 1.165) is 16.3 Å². The second-order valence-corrected chi connectivity index (χ2v) is 5.61. The second kappa shape index (κ2) is 7.59. The fourth-order valence-electron chi connectivity index (χ4n) is 2.27. The molecule has 2 aromatic rings. The van der Waals surface area contributed by atoms with Crippen LogP contribution in [0, 0.1) is 5.92 Å². The molecule has 0 aliphatic heterocycles. The van der Waals surface area contributed by atoms with Gasteiger partial charge in [-0.05, 0) is 16.3 Å². The van der Waals surface area contributed by atoms with Crippen molar-refractivity contribution < 1.29 is 9.59 Å². The monoisotopic (exact) mass is 298 g/mol. The molecule has 0 saturated heterocycles. The normalized spacial score (nSPS) is 10.7. The Hall–Kier alpha value is -2.36. The Balaban J connectivity index is 1.85. The highest BCUT2D eigenvalue weighted by atomic mass is 16.2. The maximum absolute atomic E-state index is 12.0. The molecule has 0 heterocycles. The van der Waals surface area contributed by atoms with Crippen molar-refractivity contribution in [1.82, 2.24) is 10.6 Å². The van der Waals surface area contributed by atoms with Gasteiger partial charge in [-0.25, -0.2) is 0 Å². The number of amides is 2. The lowest BCUT2D eigenvalue weighted by Crippen LogP contribution is -2.36. The smallest absolute Gasteiger partial charge is 0.224 e. The molecule has 2 rings (SSSR count). The van der Waals surface area contributed by atoms with Gasteiger partial charge in [0.1, 0.15) is 0 Å². The van der Waals surface area contributed by atoms with Crippen LogP contribution in [0.1, 0.15) is 19.4 Å². The maximum Gasteiger partial charge on any atom is 0.224 e. The lowest BCUT2D eigenvalue weighted by Gasteiger charge is -2.10. The summed E-state index contributed by atoms with van der Waals surface area (Å²) in [5, 5.41) is 7.85. The third-order valence-electron chi connectivity index (χ3n) is 3.50. The molecule has 0 atom stereocenters. The Morgan fingerprint density at radius 3 is 2.41 bits per heavy atom. The van der Waals surface area contributed by atoms with Crippen molar-refractivity contribution in [2.24, 2.45) is 5.92 Å². The highest BCUT2D eigenvalue weighted by Crippen LogP contribution is 2.18. The molecule has 2 aromatic carbocycles. The van der Waals surface area contributed by atoms with Gasteiger partial charge in [0.2, 0.25) is 11.8 Å². The van der Waals surface area contributed by atoms with Gasteiger partial charge in [-0.15, -0.1) is 0 Å². The third-order valence-corrected chi connectivity index (χ3v) is 3.50. The van der Waals surface area contributed by atoms with E-state index in [1.807, 2.05) is 56.3 Å². The maximum atomic E-state index is 12.0. The molecule has 0 aliphatic carbocycles. The molecule has 0 saturated carbocycles. The van der Waals surface area contributed by atoms with Crippen LogP contribution >= 0.6 is 0 Å². The van der Waals surface area contributed by atoms with Crippen LogP contribution in [0.3, 0.4) is 0 Å². The fraction of sp³-hybridized carbons (Fsp3) is 0.333. The summed E-state index contributed by atoms with van der Waals surface area (Å²) in [6.07, 6.45) is 0.347. The van der Waals surface area contributed by atoms with Gasteiger partial charge in [-0.3, -0.25) is 9.59 Å². The predicted molar refractivity (Wildman–Crippen MR) is 88.5 cm³/mol. The Morgan fingerprint density at radius 2 is 1.64 bits per heavy atom. The number of nitrogens with one attached hydrogen (secondary N) is 2. The number of fused-ring (bicyclic) bond motifs is 1. The summed E-state index contributed by atoms with van der Waals surface area (Å²) in [4.78, 5) is 23.4. The van der Waals surface area contributed by atoms with Gasteiger partial charge < -0.3 is 10.6 Å². The molecule has 4 heteroatoms. The molecule has 4 nitrogen and oxygen atoms in total. The number of carbonyl (C=O) groups is 2. The first kappa shape index (κ1) is 16.0. The van der Waals surface area contributed by atoms with Gasteiger partial charge in [0.05, 0.1) is 6.42 Å². The summed E-state index contributed by atoms with van der Waals surface area (Å²) < 4.78 is 0. The predicted octanol–water partition coefficient (Wildman–Crippen LogP) is 2.27. The van der Waals surface area contributed by atoms with Crippen LogP contribution in [-0.4, -0.2) is 24.9 Å². The minimum absolute atomic E-state index is 0.00306. The van der Waals surface area contributed by atoms with E-state index in [1.54, 1.807) is 0 Å². The molecule has 2 amide bonds. The summed E-state index contributed by atoms with van der Waals surface area (Å²) in [5.74, 6) is -0.0650. The minimum atomic E-state index is -0.0358. The Bertz CT molecular complexity index is 660. The summed E-state index contributed by atoms with van der Waals surface area (Å²) in [7, 11) is 0. The van der Waals surface area contributed by atoms with Crippen LogP contribution in [-0.2, 0) is 16.0 Å². The molecule has 0 bridgehead atoms. The number of carbonyl (C=O) groups excluding carboxylic acids is 2. The van der Waals surface area contributed by atoms with E-state index in [1.165, 1.54) is 0 Å². The highest BCUT2D eigenvalue weighted by molar-refractivity contribution is 5.90. The highest BCUT2D eigenvalue weighted by Gasteiger charge is 2.08. The average molecular weight is 298 g/mol. The van der Waals surface area contributed by atoms with Gasteiger partial charge in [0, 0.05) is 19.0 Å². The molecule has 0 unspecified atom stereocenters. The van der Waals surface area contributed by atoms with E-state index in [2.05, 4.69) is 10.6 Å². The van der Waals surface area contributed by atoms with Gasteiger partial charge in [-0.2, -0.15) is 0 Å². The summed E-state index contributed by atoms with van der Waals surface area (Å²) in [6, 6.07) is 14.0. The van der Waals surface area contributed by atoms with Crippen molar-refractivity contribution in [3.8, 4) is 0 Å². The first-order valence-corrected chi connectivity index (χ1v) is 7.59. The van der Waals surface area contributed by atoms with Crippen LogP contribution < -0.4 is 10.6 Å². The van der Waals surface area contributed by atoms with E-state index < -0.39 is 0 Å². The number of hydrogen-bond acceptors (Lipinski definition) is 2. The standard InChI is InChI=1S/C18H22N2O2/c1-13(2)18(22)20-11-10-19-17(21)12-15-8-5-7-14-6-3-4-9-16(14)15/h3-9,13H,10-12H2,1-2H3,(H,19,21)(H,20,22). The fourth-order valence-corrected chi connectivity index (χ4v) is 2.27. The van der Waals surface area contributed by atoms with Crippen LogP contribution in [0.4, 0.5) is 0 Å². The third kappa shape index (κ3) is 4.32. The van der Waals surface area contributed by atoms with Gasteiger partial charge in [0.25, 0.3) is 0 Å². The topological polar surface area (TPSA) is 58.2 Å². The quantitative estimate of drug-likeness (QED) is 0.804. The molecule has 22 heavy (non-hydrogen) atoms. The molecule has 2 N–H and O–H groups in total.